The van der Waals surface area contributed by atoms with Crippen LogP contribution in [-0.2, 0) is 0 Å². The Labute approximate surface area is 171 Å². The van der Waals surface area contributed by atoms with E-state index < -0.39 is 5.91 Å². The van der Waals surface area contributed by atoms with Gasteiger partial charge in [-0.25, -0.2) is 9.97 Å². The Morgan fingerprint density at radius 1 is 1.11 bits per heavy atom. The van der Waals surface area contributed by atoms with Gasteiger partial charge in [0.05, 0.1) is 30.3 Å². The number of hydrogen-bond acceptors (Lipinski definition) is 7. The minimum atomic E-state index is -0.427. The SMILES string of the molecule is COc1cc2ncnc(NNC(=S)NC(=O)c3ccccc3Cl)c2cc1OC. The second kappa shape index (κ2) is 8.68. The van der Waals surface area contributed by atoms with Crippen LogP contribution in [0, 0.1) is 0 Å². The number of carbonyl (C=O) groups is 1. The monoisotopic (exact) mass is 417 g/mol. The van der Waals surface area contributed by atoms with Crippen LogP contribution in [0.3, 0.4) is 0 Å². The average Bonchev–Trinajstić information content (AvgIpc) is 2.71. The zero-order valence-corrected chi connectivity index (χ0v) is 16.5. The van der Waals surface area contributed by atoms with Gasteiger partial charge in [-0.1, -0.05) is 23.7 Å². The first-order chi connectivity index (χ1) is 13.5. The summed E-state index contributed by atoms with van der Waals surface area (Å²) in [7, 11) is 3.09. The van der Waals surface area contributed by atoms with E-state index in [4.69, 9.17) is 33.3 Å². The maximum atomic E-state index is 12.2. The number of nitrogens with zero attached hydrogens (tertiary/aromatic N) is 2. The molecular formula is C18H16ClN5O3S. The van der Waals surface area contributed by atoms with Crippen molar-refractivity contribution < 1.29 is 14.3 Å². The van der Waals surface area contributed by atoms with Crippen LogP contribution in [0.4, 0.5) is 5.82 Å². The number of rotatable bonds is 5. The largest absolute Gasteiger partial charge is 0.493 e. The summed E-state index contributed by atoms with van der Waals surface area (Å²) in [6.45, 7) is 0. The number of nitrogens with one attached hydrogen (secondary N) is 3. The number of halogens is 1. The third kappa shape index (κ3) is 4.21. The molecule has 0 radical (unpaired) electrons. The van der Waals surface area contributed by atoms with E-state index in [1.165, 1.54) is 13.4 Å². The van der Waals surface area contributed by atoms with Gasteiger partial charge in [0.1, 0.15) is 6.33 Å². The van der Waals surface area contributed by atoms with Gasteiger partial charge in [-0.2, -0.15) is 0 Å². The third-order valence-corrected chi connectivity index (χ3v) is 4.31. The number of hydrogen-bond donors (Lipinski definition) is 3. The first kappa shape index (κ1) is 19.6. The minimum Gasteiger partial charge on any atom is -0.493 e. The van der Waals surface area contributed by atoms with E-state index in [1.54, 1.807) is 43.5 Å². The van der Waals surface area contributed by atoms with Crippen molar-refractivity contribution in [2.24, 2.45) is 0 Å². The normalized spacial score (nSPS) is 10.2. The first-order valence-electron chi connectivity index (χ1n) is 8.02. The van der Waals surface area contributed by atoms with Crippen LogP contribution in [0.1, 0.15) is 10.4 Å². The van der Waals surface area contributed by atoms with Gasteiger partial charge in [-0.05, 0) is 30.4 Å². The van der Waals surface area contributed by atoms with Crippen LogP contribution in [0.15, 0.2) is 42.7 Å². The van der Waals surface area contributed by atoms with Gasteiger partial charge in [0.2, 0.25) is 0 Å². The molecule has 0 spiro atoms. The van der Waals surface area contributed by atoms with E-state index in [-0.39, 0.29) is 5.11 Å². The highest BCUT2D eigenvalue weighted by Crippen LogP contribution is 2.33. The lowest BCUT2D eigenvalue weighted by atomic mass is 10.2. The third-order valence-electron chi connectivity index (χ3n) is 3.78. The maximum Gasteiger partial charge on any atom is 0.258 e. The number of fused-ring (bicyclic) bond motifs is 1. The van der Waals surface area contributed by atoms with E-state index in [9.17, 15) is 4.79 Å². The molecule has 3 N–H and O–H groups in total. The van der Waals surface area contributed by atoms with Crippen LogP contribution in [0.25, 0.3) is 10.9 Å². The van der Waals surface area contributed by atoms with Crippen molar-refractivity contribution >= 4 is 51.6 Å². The lowest BCUT2D eigenvalue weighted by molar-refractivity contribution is 0.0977. The molecule has 1 amide bonds. The van der Waals surface area contributed by atoms with Gasteiger partial charge in [-0.15, -0.1) is 0 Å². The zero-order valence-electron chi connectivity index (χ0n) is 14.9. The highest BCUT2D eigenvalue weighted by molar-refractivity contribution is 7.80. The van der Waals surface area contributed by atoms with Gasteiger partial charge in [0.15, 0.2) is 22.4 Å². The first-order valence-corrected chi connectivity index (χ1v) is 8.80. The van der Waals surface area contributed by atoms with E-state index in [0.29, 0.717) is 38.8 Å². The maximum absolute atomic E-state index is 12.2. The summed E-state index contributed by atoms with van der Waals surface area (Å²) in [4.78, 5) is 20.7. The van der Waals surface area contributed by atoms with Crippen LogP contribution in [0.2, 0.25) is 5.02 Å². The molecule has 0 saturated heterocycles. The molecule has 1 aromatic heterocycles. The quantitative estimate of drug-likeness (QED) is 0.430. The molecule has 144 valence electrons. The summed E-state index contributed by atoms with van der Waals surface area (Å²) < 4.78 is 10.6. The molecule has 1 heterocycles. The van der Waals surface area contributed by atoms with Gasteiger partial charge in [-0.3, -0.25) is 21.0 Å². The summed E-state index contributed by atoms with van der Waals surface area (Å²) >= 11 is 11.2. The summed E-state index contributed by atoms with van der Waals surface area (Å²) in [6, 6.07) is 10.2. The topological polar surface area (TPSA) is 97.4 Å². The van der Waals surface area contributed by atoms with Crippen molar-refractivity contribution in [3.63, 3.8) is 0 Å². The number of hydrazine groups is 1. The van der Waals surface area contributed by atoms with Gasteiger partial charge >= 0.3 is 0 Å². The fourth-order valence-corrected chi connectivity index (χ4v) is 2.81. The Balaban J connectivity index is 1.73. The van der Waals surface area contributed by atoms with Gasteiger partial charge < -0.3 is 9.47 Å². The van der Waals surface area contributed by atoms with E-state index in [0.717, 1.165) is 0 Å². The highest BCUT2D eigenvalue weighted by Gasteiger charge is 2.13. The fourth-order valence-electron chi connectivity index (χ4n) is 2.45. The van der Waals surface area contributed by atoms with Crippen molar-refractivity contribution in [3.8, 4) is 11.5 Å². The molecular weight excluding hydrogens is 402 g/mol. The van der Waals surface area contributed by atoms with E-state index in [1.807, 2.05) is 0 Å². The molecule has 3 aromatic rings. The Kier molecular flexibility index (Phi) is 6.07. The zero-order chi connectivity index (χ0) is 20.1. The van der Waals surface area contributed by atoms with Crippen molar-refractivity contribution in [1.29, 1.82) is 0 Å². The molecule has 0 unspecified atom stereocenters. The molecule has 2 aromatic carbocycles. The van der Waals surface area contributed by atoms with Crippen LogP contribution in [0.5, 0.6) is 11.5 Å². The predicted molar refractivity (Wildman–Crippen MR) is 111 cm³/mol. The van der Waals surface area contributed by atoms with E-state index >= 15 is 0 Å². The Morgan fingerprint density at radius 2 is 1.82 bits per heavy atom. The highest BCUT2D eigenvalue weighted by atomic mass is 35.5. The number of thiocarbonyl (C=S) groups is 1. The standard InChI is InChI=1S/C18H16ClN5O3S/c1-26-14-7-11-13(8-15(14)27-2)20-9-21-16(11)23-24-18(28)22-17(25)10-5-3-4-6-12(10)19/h3-9H,1-2H3,(H,20,21,23)(H2,22,24,25,28). The van der Waals surface area contributed by atoms with Crippen molar-refractivity contribution in [2.45, 2.75) is 0 Å². The fraction of sp³-hybridized carbons (Fsp3) is 0.111. The lowest BCUT2D eigenvalue weighted by Gasteiger charge is -2.14. The molecule has 8 nitrogen and oxygen atoms in total. The molecule has 0 saturated carbocycles. The van der Waals surface area contributed by atoms with Crippen LogP contribution >= 0.6 is 23.8 Å². The lowest BCUT2D eigenvalue weighted by Crippen LogP contribution is -2.42. The number of carbonyl (C=O) groups excluding carboxylic acids is 1. The summed E-state index contributed by atoms with van der Waals surface area (Å²) in [6.07, 6.45) is 1.39. The number of amides is 1. The van der Waals surface area contributed by atoms with Crippen molar-refractivity contribution in [2.75, 3.05) is 19.6 Å². The molecule has 3 rings (SSSR count). The minimum absolute atomic E-state index is 0.0529. The van der Waals surface area contributed by atoms with Crippen molar-refractivity contribution in [3.05, 3.63) is 53.3 Å². The molecule has 0 fully saturated rings. The molecule has 0 aliphatic heterocycles. The number of methoxy groups -OCH3 is 2. The van der Waals surface area contributed by atoms with Crippen LogP contribution in [-0.4, -0.2) is 35.2 Å². The molecule has 0 aliphatic carbocycles. The Bertz CT molecular complexity index is 1050. The molecule has 0 bridgehead atoms. The second-order valence-electron chi connectivity index (χ2n) is 5.46. The predicted octanol–water partition coefficient (Wildman–Crippen LogP) is 2.93. The van der Waals surface area contributed by atoms with Crippen LogP contribution < -0.4 is 25.6 Å². The molecule has 0 aliphatic rings. The summed E-state index contributed by atoms with van der Waals surface area (Å²) in [5.74, 6) is 1.10. The Hall–Kier alpha value is -3.17. The molecule has 0 atom stereocenters. The summed E-state index contributed by atoms with van der Waals surface area (Å²) in [5.41, 5.74) is 6.54. The Morgan fingerprint density at radius 3 is 2.54 bits per heavy atom. The second-order valence-corrected chi connectivity index (χ2v) is 6.28. The smallest absolute Gasteiger partial charge is 0.258 e. The van der Waals surface area contributed by atoms with Gasteiger partial charge in [0.25, 0.3) is 5.91 Å². The number of aromatic nitrogens is 2. The average molecular weight is 418 g/mol. The molecule has 10 heteroatoms. The number of ether oxygens (including phenoxy) is 2. The number of anilines is 1. The number of benzene rings is 2. The van der Waals surface area contributed by atoms with E-state index in [2.05, 4.69) is 26.1 Å². The van der Waals surface area contributed by atoms with Gasteiger partial charge in [0, 0.05) is 11.5 Å². The summed E-state index contributed by atoms with van der Waals surface area (Å²) in [5, 5.41) is 3.60. The molecule has 28 heavy (non-hydrogen) atoms. The van der Waals surface area contributed by atoms with Crippen molar-refractivity contribution in [1.82, 2.24) is 20.7 Å².